The second-order valence-corrected chi connectivity index (χ2v) is 6.44. The van der Waals surface area contributed by atoms with Gasteiger partial charge in [0.1, 0.15) is 18.2 Å². The molecule has 1 heterocycles. The van der Waals surface area contributed by atoms with Gasteiger partial charge in [-0.25, -0.2) is 0 Å². The first-order valence-corrected chi connectivity index (χ1v) is 8.39. The van der Waals surface area contributed by atoms with E-state index in [2.05, 4.69) is 6.08 Å². The summed E-state index contributed by atoms with van der Waals surface area (Å²) in [6, 6.07) is 6.36. The highest BCUT2D eigenvalue weighted by molar-refractivity contribution is 6.35. The van der Waals surface area contributed by atoms with Crippen molar-refractivity contribution in [3.8, 4) is 22.9 Å². The van der Waals surface area contributed by atoms with Gasteiger partial charge in [0.15, 0.2) is 12.0 Å². The van der Waals surface area contributed by atoms with Crippen LogP contribution >= 0.6 is 23.2 Å². The molecule has 5 nitrogen and oxygen atoms in total. The summed E-state index contributed by atoms with van der Waals surface area (Å²) in [5, 5.41) is 21.8. The Morgan fingerprint density at radius 1 is 1.04 bits per heavy atom. The first-order valence-electron chi connectivity index (χ1n) is 7.63. The van der Waals surface area contributed by atoms with Gasteiger partial charge in [-0.1, -0.05) is 23.2 Å². The second kappa shape index (κ2) is 7.34. The molecule has 7 heteroatoms. The molecule has 2 N–H and O–H groups in total. The van der Waals surface area contributed by atoms with Crippen LogP contribution in [0.1, 0.15) is 0 Å². The van der Waals surface area contributed by atoms with E-state index in [9.17, 15) is 10.2 Å². The Morgan fingerprint density at radius 2 is 1.73 bits per heavy atom. The van der Waals surface area contributed by atoms with Crippen LogP contribution in [0.2, 0.25) is 10.0 Å². The standard InChI is InChI=1S/C19H15Cl2NO4/c1-25-16-5-3-4-11(18(16)26-2)10-22-17(23)9-15(19(22)24)12-6-13(20)8-14(21)7-12/h4-9H,10H2,1-2H3,(H-,23,24)/p+1. The number of aromatic hydroxyl groups is 2. The molecule has 3 rings (SSSR count). The highest BCUT2D eigenvalue weighted by atomic mass is 35.5. The molecule has 134 valence electrons. The van der Waals surface area contributed by atoms with Crippen molar-refractivity contribution in [2.45, 2.75) is 6.54 Å². The van der Waals surface area contributed by atoms with Crippen LogP contribution in [0.25, 0.3) is 11.1 Å². The summed E-state index contributed by atoms with van der Waals surface area (Å²) >= 11 is 12.1. The average Bonchev–Trinajstić information content (AvgIpc) is 2.88. The zero-order chi connectivity index (χ0) is 18.8. The van der Waals surface area contributed by atoms with E-state index in [-0.39, 0.29) is 18.3 Å². The Labute approximate surface area is 161 Å². The summed E-state index contributed by atoms with van der Waals surface area (Å²) in [7, 11) is 3.05. The molecule has 0 bridgehead atoms. The molecule has 0 saturated carbocycles. The molecule has 0 unspecified atom stereocenters. The second-order valence-electron chi connectivity index (χ2n) is 5.57. The van der Waals surface area contributed by atoms with Crippen molar-refractivity contribution in [1.82, 2.24) is 4.57 Å². The minimum Gasteiger partial charge on any atom is -0.494 e. The van der Waals surface area contributed by atoms with Gasteiger partial charge in [-0.3, -0.25) is 4.57 Å². The van der Waals surface area contributed by atoms with Gasteiger partial charge in [0, 0.05) is 27.8 Å². The van der Waals surface area contributed by atoms with Crippen molar-refractivity contribution >= 4 is 23.2 Å². The third-order valence-corrected chi connectivity index (χ3v) is 4.40. The van der Waals surface area contributed by atoms with Crippen LogP contribution in [0.5, 0.6) is 11.8 Å². The summed E-state index contributed by atoms with van der Waals surface area (Å²) < 4.78 is 12.0. The molecule has 0 atom stereocenters. The van der Waals surface area contributed by atoms with Gasteiger partial charge in [0.05, 0.1) is 14.2 Å². The van der Waals surface area contributed by atoms with E-state index >= 15 is 0 Å². The number of hydrogen-bond acceptors (Lipinski definition) is 4. The van der Waals surface area contributed by atoms with Crippen LogP contribution in [0, 0.1) is 6.08 Å². The van der Waals surface area contributed by atoms with Crippen molar-refractivity contribution in [2.75, 3.05) is 14.2 Å². The van der Waals surface area contributed by atoms with Crippen LogP contribution in [0.3, 0.4) is 0 Å². The maximum atomic E-state index is 10.6. The first-order chi connectivity index (χ1) is 12.4. The fourth-order valence-corrected chi connectivity index (χ4v) is 3.31. The Morgan fingerprint density at radius 3 is 2.35 bits per heavy atom. The van der Waals surface area contributed by atoms with Gasteiger partial charge in [0.2, 0.25) is 5.88 Å². The molecule has 2 aromatic rings. The first kappa shape index (κ1) is 18.2. The molecule has 0 spiro atoms. The monoisotopic (exact) mass is 392 g/mol. The number of methoxy groups -OCH3 is 2. The molecule has 0 aliphatic heterocycles. The lowest BCUT2D eigenvalue weighted by molar-refractivity contribution is 0.215. The van der Waals surface area contributed by atoms with E-state index in [0.717, 1.165) is 0 Å². The minimum absolute atomic E-state index is 0.113. The Kier molecular flexibility index (Phi) is 5.14. The highest BCUT2D eigenvalue weighted by Crippen LogP contribution is 2.39. The fourth-order valence-electron chi connectivity index (χ4n) is 2.78. The van der Waals surface area contributed by atoms with Crippen LogP contribution in [0.4, 0.5) is 0 Å². The lowest BCUT2D eigenvalue weighted by atomic mass is 10.1. The molecule has 0 saturated heterocycles. The number of rotatable bonds is 5. The Balaban J connectivity index is 2.03. The molecule has 0 fully saturated rings. The van der Waals surface area contributed by atoms with E-state index < -0.39 is 0 Å². The predicted octanol–water partition coefficient (Wildman–Crippen LogP) is 4.68. The van der Waals surface area contributed by atoms with Crippen molar-refractivity contribution in [3.63, 3.8) is 0 Å². The number of allylic oxidation sites excluding steroid dienone is 4. The van der Waals surface area contributed by atoms with Gasteiger partial charge < -0.3 is 19.7 Å². The SMILES string of the molecule is COC1=C[C+]=CC(Cn2c(O)cc(-c3cc(Cl)cc(Cl)c3)c2O)=C1OC. The normalized spacial score (nSPS) is 13.5. The number of hydrogen-bond donors (Lipinski definition) is 2. The molecule has 1 aromatic carbocycles. The molecule has 26 heavy (non-hydrogen) atoms. The number of halogens is 2. The zero-order valence-electron chi connectivity index (χ0n) is 14.1. The quantitative estimate of drug-likeness (QED) is 0.725. The molecule has 0 amide bonds. The van der Waals surface area contributed by atoms with Gasteiger partial charge in [0.25, 0.3) is 11.5 Å². The summed E-state index contributed by atoms with van der Waals surface area (Å²) in [6.07, 6.45) is 6.31. The largest absolute Gasteiger partial charge is 0.494 e. The molecule has 0 radical (unpaired) electrons. The van der Waals surface area contributed by atoms with Gasteiger partial charge >= 0.3 is 0 Å². The van der Waals surface area contributed by atoms with Crippen LogP contribution in [-0.4, -0.2) is 29.0 Å². The summed E-state index contributed by atoms with van der Waals surface area (Å²) in [4.78, 5) is 0. The predicted molar refractivity (Wildman–Crippen MR) is 100 cm³/mol. The van der Waals surface area contributed by atoms with E-state index in [1.54, 1.807) is 30.4 Å². The van der Waals surface area contributed by atoms with Crippen molar-refractivity contribution in [2.24, 2.45) is 0 Å². The van der Waals surface area contributed by atoms with E-state index in [1.165, 1.54) is 24.9 Å². The van der Waals surface area contributed by atoms with Crippen LogP contribution in [0.15, 0.2) is 53.5 Å². The summed E-state index contributed by atoms with van der Waals surface area (Å²) in [5.41, 5.74) is 1.69. The van der Waals surface area contributed by atoms with Gasteiger partial charge in [-0.05, 0) is 23.8 Å². The molecular weight excluding hydrogens is 377 g/mol. The summed E-state index contributed by atoms with van der Waals surface area (Å²) in [5.74, 6) is 0.785. The molecule has 1 aliphatic carbocycles. The number of benzene rings is 1. The van der Waals surface area contributed by atoms with Gasteiger partial charge in [-0.15, -0.1) is 0 Å². The lowest BCUT2D eigenvalue weighted by Gasteiger charge is -2.10. The highest BCUT2D eigenvalue weighted by Gasteiger charge is 2.27. The smallest absolute Gasteiger partial charge is 0.282 e. The van der Waals surface area contributed by atoms with Crippen LogP contribution < -0.4 is 0 Å². The number of aromatic nitrogens is 1. The molecular formula is C19H16Cl2NO4+. The minimum atomic E-state index is -0.120. The topological polar surface area (TPSA) is 63.9 Å². The fraction of sp³-hybridized carbons (Fsp3) is 0.158. The van der Waals surface area contributed by atoms with Gasteiger partial charge in [-0.2, -0.15) is 0 Å². The third-order valence-electron chi connectivity index (χ3n) is 3.96. The van der Waals surface area contributed by atoms with E-state index in [1.807, 2.05) is 0 Å². The number of ether oxygens (including phenoxy) is 2. The Hall–Kier alpha value is -2.59. The molecule has 1 aliphatic rings. The average molecular weight is 393 g/mol. The van der Waals surface area contributed by atoms with Crippen molar-refractivity contribution < 1.29 is 19.7 Å². The number of nitrogens with zero attached hydrogens (tertiary/aromatic N) is 1. The lowest BCUT2D eigenvalue weighted by Crippen LogP contribution is -2.08. The third kappa shape index (κ3) is 3.37. The van der Waals surface area contributed by atoms with E-state index in [0.29, 0.717) is 38.3 Å². The maximum Gasteiger partial charge on any atom is 0.282 e. The Bertz CT molecular complexity index is 921. The summed E-state index contributed by atoms with van der Waals surface area (Å²) in [6.45, 7) is 0.156. The molecule has 1 aromatic heterocycles. The van der Waals surface area contributed by atoms with Crippen LogP contribution in [-0.2, 0) is 16.0 Å². The van der Waals surface area contributed by atoms with E-state index in [4.69, 9.17) is 32.7 Å². The maximum absolute atomic E-state index is 10.6. The zero-order valence-corrected chi connectivity index (χ0v) is 15.6. The van der Waals surface area contributed by atoms with Crippen molar-refractivity contribution in [1.29, 1.82) is 0 Å². The van der Waals surface area contributed by atoms with Crippen molar-refractivity contribution in [3.05, 3.63) is 69.6 Å².